The second-order valence-corrected chi connectivity index (χ2v) is 2.48. The van der Waals surface area contributed by atoms with Crippen LogP contribution in [-0.4, -0.2) is 11.8 Å². The number of fused-ring (bicyclic) bond motifs is 1. The quantitative estimate of drug-likeness (QED) is 0.475. The van der Waals surface area contributed by atoms with Crippen LogP contribution < -0.4 is 5.11 Å². The summed E-state index contributed by atoms with van der Waals surface area (Å²) >= 11 is 0. The molecule has 0 aromatic carbocycles. The molecule has 1 atom stereocenters. The number of nitrogens with zero attached hydrogens (tertiary/aromatic N) is 2. The minimum Gasteiger partial charge on any atom is -0.163 e. The zero-order valence-corrected chi connectivity index (χ0v) is 5.70. The van der Waals surface area contributed by atoms with Crippen LogP contribution in [0.15, 0.2) is 34.1 Å². The highest BCUT2D eigenvalue weighted by molar-refractivity contribution is 6.01. The molecule has 1 aliphatic carbocycles. The van der Waals surface area contributed by atoms with Gasteiger partial charge in [0, 0.05) is 0 Å². The fourth-order valence-electron chi connectivity index (χ4n) is 1.07. The van der Waals surface area contributed by atoms with E-state index in [0.29, 0.717) is 0 Å². The zero-order valence-electron chi connectivity index (χ0n) is 5.70. The van der Waals surface area contributed by atoms with E-state index >= 15 is 0 Å². The Kier molecular flexibility index (Phi) is 1.03. The maximum atomic E-state index is 3.91. The van der Waals surface area contributed by atoms with Gasteiger partial charge >= 0.3 is 0 Å². The van der Waals surface area contributed by atoms with Gasteiger partial charge in [-0.3, -0.25) is 0 Å². The van der Waals surface area contributed by atoms with Gasteiger partial charge in [-0.05, 0) is 24.6 Å². The van der Waals surface area contributed by atoms with E-state index in [0.717, 1.165) is 5.71 Å². The van der Waals surface area contributed by atoms with Crippen LogP contribution in [0.3, 0.4) is 0 Å². The minimum atomic E-state index is 0.226. The highest BCUT2D eigenvalue weighted by Crippen LogP contribution is 2.07. The van der Waals surface area contributed by atoms with Crippen molar-refractivity contribution >= 4 is 5.71 Å². The first-order valence-electron chi connectivity index (χ1n) is 3.26. The van der Waals surface area contributed by atoms with Gasteiger partial charge in [-0.15, -0.1) is 0 Å². The first kappa shape index (κ1) is 5.53. The first-order valence-corrected chi connectivity index (χ1v) is 3.26. The van der Waals surface area contributed by atoms with Gasteiger partial charge in [-0.2, -0.15) is 5.11 Å². The topological polar surface area (TPSA) is 38.7 Å². The van der Waals surface area contributed by atoms with E-state index in [4.69, 9.17) is 0 Å². The van der Waals surface area contributed by atoms with Gasteiger partial charge in [0.15, 0.2) is 0 Å². The standard InChI is InChI=1S/C7H7N3/c1-5-2-3-6-7(4-5)9-10-8-6/h2-4,6H,1H3/p+1. The fraction of sp³-hybridized carbons (Fsp3) is 0.286. The number of hydrogen-bond acceptors (Lipinski definition) is 2. The van der Waals surface area contributed by atoms with Crippen LogP contribution in [0.5, 0.6) is 0 Å². The number of nitrogens with one attached hydrogen (secondary N) is 1. The van der Waals surface area contributed by atoms with Gasteiger partial charge in [0.05, 0.1) is 5.10 Å². The maximum Gasteiger partial charge on any atom is 0.230 e. The summed E-state index contributed by atoms with van der Waals surface area (Å²) in [6, 6.07) is 0.226. The van der Waals surface area contributed by atoms with Crippen LogP contribution in [-0.2, 0) is 0 Å². The first-order chi connectivity index (χ1) is 4.86. The SMILES string of the molecule is CC1=CC2=NN=[NH+]C2C=C1. The van der Waals surface area contributed by atoms with Crippen molar-refractivity contribution in [3.05, 3.63) is 23.8 Å². The molecule has 50 valence electrons. The van der Waals surface area contributed by atoms with E-state index in [9.17, 15) is 0 Å². The minimum absolute atomic E-state index is 0.226. The predicted octanol–water partition coefficient (Wildman–Crippen LogP) is -0.227. The van der Waals surface area contributed by atoms with Crippen LogP contribution in [0.4, 0.5) is 0 Å². The highest BCUT2D eigenvalue weighted by atomic mass is 15.4. The van der Waals surface area contributed by atoms with Crippen LogP contribution in [0, 0.1) is 0 Å². The van der Waals surface area contributed by atoms with Crippen molar-refractivity contribution in [1.29, 1.82) is 0 Å². The number of rotatable bonds is 0. The molecule has 0 saturated carbocycles. The third-order valence-electron chi connectivity index (χ3n) is 1.61. The van der Waals surface area contributed by atoms with Crippen LogP contribution in [0.1, 0.15) is 6.92 Å². The maximum absolute atomic E-state index is 3.91. The largest absolute Gasteiger partial charge is 0.230 e. The zero-order chi connectivity index (χ0) is 6.97. The molecule has 10 heavy (non-hydrogen) atoms. The Morgan fingerprint density at radius 2 is 2.50 bits per heavy atom. The molecule has 1 aliphatic heterocycles. The Labute approximate surface area is 58.9 Å². The summed E-state index contributed by atoms with van der Waals surface area (Å²) in [6.07, 6.45) is 6.16. The normalized spacial score (nSPS) is 27.9. The van der Waals surface area contributed by atoms with Gasteiger partial charge in [-0.1, -0.05) is 6.08 Å². The van der Waals surface area contributed by atoms with Gasteiger partial charge in [0.1, 0.15) is 5.22 Å². The summed E-state index contributed by atoms with van der Waals surface area (Å²) in [5, 5.41) is 10.5. The molecule has 0 bridgehead atoms. The lowest BCUT2D eigenvalue weighted by molar-refractivity contribution is -0.537. The molecule has 2 rings (SSSR count). The molecule has 0 radical (unpaired) electrons. The lowest BCUT2D eigenvalue weighted by Crippen LogP contribution is -2.73. The van der Waals surface area contributed by atoms with Crippen LogP contribution in [0.25, 0.3) is 0 Å². The van der Waals surface area contributed by atoms with E-state index in [2.05, 4.69) is 27.6 Å². The Balaban J connectivity index is 2.39. The molecular formula is C7H8N3+. The monoisotopic (exact) mass is 134 g/mol. The van der Waals surface area contributed by atoms with Crippen molar-refractivity contribution in [1.82, 2.24) is 0 Å². The molecule has 3 nitrogen and oxygen atoms in total. The molecule has 0 amide bonds. The molecule has 0 fully saturated rings. The Morgan fingerprint density at radius 3 is 3.40 bits per heavy atom. The molecular weight excluding hydrogens is 126 g/mol. The second kappa shape index (κ2) is 1.87. The third-order valence-corrected chi connectivity index (χ3v) is 1.61. The van der Waals surface area contributed by atoms with Crippen molar-refractivity contribution < 1.29 is 5.11 Å². The Bertz CT molecular complexity index is 271. The number of allylic oxidation sites excluding steroid dienone is 2. The average molecular weight is 134 g/mol. The van der Waals surface area contributed by atoms with Crippen LogP contribution >= 0.6 is 0 Å². The molecule has 2 aliphatic rings. The van der Waals surface area contributed by atoms with E-state index in [-0.39, 0.29) is 6.04 Å². The molecule has 0 aromatic heterocycles. The Hall–Kier alpha value is -1.25. The summed E-state index contributed by atoms with van der Waals surface area (Å²) in [5.41, 5.74) is 2.24. The number of hydrogen-bond donors (Lipinski definition) is 1. The van der Waals surface area contributed by atoms with E-state index in [1.807, 2.05) is 13.0 Å². The third kappa shape index (κ3) is 0.708. The Morgan fingerprint density at radius 1 is 1.60 bits per heavy atom. The van der Waals surface area contributed by atoms with Gasteiger partial charge < -0.3 is 0 Å². The molecule has 0 spiro atoms. The lowest BCUT2D eigenvalue weighted by atomic mass is 10.0. The van der Waals surface area contributed by atoms with Crippen molar-refractivity contribution in [2.75, 3.05) is 0 Å². The van der Waals surface area contributed by atoms with E-state index in [1.165, 1.54) is 5.57 Å². The van der Waals surface area contributed by atoms with Crippen molar-refractivity contribution in [3.8, 4) is 0 Å². The average Bonchev–Trinajstić information content (AvgIpc) is 2.33. The molecule has 3 heteroatoms. The summed E-state index contributed by atoms with van der Waals surface area (Å²) in [4.78, 5) is 0. The summed E-state index contributed by atoms with van der Waals surface area (Å²) in [7, 11) is 0. The summed E-state index contributed by atoms with van der Waals surface area (Å²) in [6.45, 7) is 2.05. The second-order valence-electron chi connectivity index (χ2n) is 2.48. The van der Waals surface area contributed by atoms with Gasteiger partial charge in [0.25, 0.3) is 0 Å². The predicted molar refractivity (Wildman–Crippen MR) is 37.5 cm³/mol. The smallest absolute Gasteiger partial charge is 0.163 e. The molecule has 1 heterocycles. The molecule has 0 aromatic rings. The summed E-state index contributed by atoms with van der Waals surface area (Å²) in [5.74, 6) is 0. The molecule has 1 N–H and O–H groups in total. The highest BCUT2D eigenvalue weighted by Gasteiger charge is 2.24. The van der Waals surface area contributed by atoms with Crippen molar-refractivity contribution in [2.45, 2.75) is 13.0 Å². The van der Waals surface area contributed by atoms with Gasteiger partial charge in [-0.25, -0.2) is 0 Å². The lowest BCUT2D eigenvalue weighted by Gasteiger charge is -2.00. The van der Waals surface area contributed by atoms with E-state index < -0.39 is 0 Å². The van der Waals surface area contributed by atoms with Crippen molar-refractivity contribution in [3.63, 3.8) is 0 Å². The molecule has 1 unspecified atom stereocenters. The van der Waals surface area contributed by atoms with Gasteiger partial charge in [0.2, 0.25) is 11.8 Å². The summed E-state index contributed by atoms with van der Waals surface area (Å²) < 4.78 is 0. The van der Waals surface area contributed by atoms with E-state index in [1.54, 1.807) is 0 Å². The van der Waals surface area contributed by atoms with Crippen molar-refractivity contribution in [2.24, 2.45) is 10.3 Å². The fourth-order valence-corrected chi connectivity index (χ4v) is 1.07. The van der Waals surface area contributed by atoms with Crippen LogP contribution in [0.2, 0.25) is 0 Å². The molecule has 0 saturated heterocycles.